The van der Waals surface area contributed by atoms with Crippen LogP contribution in [0.5, 0.6) is 11.5 Å². The number of carbonyl (C=O) groups excluding carboxylic acids is 1. The van der Waals surface area contributed by atoms with Crippen molar-refractivity contribution in [1.82, 2.24) is 10.3 Å². The zero-order valence-corrected chi connectivity index (χ0v) is 13.8. The molecular weight excluding hydrogens is 324 g/mol. The van der Waals surface area contributed by atoms with Crippen LogP contribution in [0.4, 0.5) is 0 Å². The highest BCUT2D eigenvalue weighted by atomic mass is 32.1. The topological polar surface area (TPSA) is 60.5 Å². The number of para-hydroxylation sites is 1. The molecule has 1 aliphatic rings. The second kappa shape index (κ2) is 6.49. The number of rotatable bonds is 5. The molecule has 1 N–H and O–H groups in total. The summed E-state index contributed by atoms with van der Waals surface area (Å²) >= 11 is 1.71. The van der Waals surface area contributed by atoms with Crippen molar-refractivity contribution in [3.8, 4) is 11.5 Å². The Morgan fingerprint density at radius 1 is 1.17 bits per heavy atom. The second-order valence-electron chi connectivity index (χ2n) is 5.50. The molecule has 0 spiro atoms. The molecule has 1 amide bonds. The summed E-state index contributed by atoms with van der Waals surface area (Å²) in [5, 5.41) is 4.04. The molecule has 0 bridgehead atoms. The minimum Gasteiger partial charge on any atom is -0.454 e. The van der Waals surface area contributed by atoms with Gasteiger partial charge in [0.1, 0.15) is 0 Å². The van der Waals surface area contributed by atoms with Crippen LogP contribution in [0.2, 0.25) is 0 Å². The van der Waals surface area contributed by atoms with E-state index in [2.05, 4.69) is 16.4 Å². The van der Waals surface area contributed by atoms with Gasteiger partial charge < -0.3 is 14.8 Å². The lowest BCUT2D eigenvalue weighted by atomic mass is 10.2. The number of nitrogens with zero attached hydrogens (tertiary/aromatic N) is 1. The highest BCUT2D eigenvalue weighted by molar-refractivity contribution is 7.18. The monoisotopic (exact) mass is 340 g/mol. The van der Waals surface area contributed by atoms with Gasteiger partial charge in [-0.05, 0) is 36.8 Å². The number of hydrogen-bond acceptors (Lipinski definition) is 5. The highest BCUT2D eigenvalue weighted by Gasteiger charge is 2.15. The van der Waals surface area contributed by atoms with E-state index in [9.17, 15) is 4.79 Å². The number of hydrogen-bond donors (Lipinski definition) is 1. The Morgan fingerprint density at radius 2 is 2.04 bits per heavy atom. The third-order valence-corrected chi connectivity index (χ3v) is 4.92. The van der Waals surface area contributed by atoms with Crippen molar-refractivity contribution in [2.75, 3.05) is 13.3 Å². The molecule has 6 heteroatoms. The van der Waals surface area contributed by atoms with Gasteiger partial charge in [-0.2, -0.15) is 0 Å². The van der Waals surface area contributed by atoms with E-state index in [1.165, 1.54) is 4.70 Å². The second-order valence-corrected chi connectivity index (χ2v) is 6.62. The van der Waals surface area contributed by atoms with Crippen LogP contribution in [-0.4, -0.2) is 24.2 Å². The standard InChI is InChI=1S/C18H16N2O3S/c21-18(12-7-8-14-15(10-12)23-11-22-14)19-9-3-6-17-20-13-4-1-2-5-16(13)24-17/h1-2,4-5,7-8,10H,3,6,9,11H2,(H,19,21). The fourth-order valence-corrected chi connectivity index (χ4v) is 3.62. The molecular formula is C18H16N2O3S. The molecule has 1 aromatic heterocycles. The van der Waals surface area contributed by atoms with Crippen molar-refractivity contribution in [2.24, 2.45) is 0 Å². The van der Waals surface area contributed by atoms with Gasteiger partial charge in [0.05, 0.1) is 15.2 Å². The van der Waals surface area contributed by atoms with Gasteiger partial charge >= 0.3 is 0 Å². The van der Waals surface area contributed by atoms with E-state index in [1.54, 1.807) is 29.5 Å². The smallest absolute Gasteiger partial charge is 0.251 e. The summed E-state index contributed by atoms with van der Waals surface area (Å²) < 4.78 is 11.7. The molecule has 0 radical (unpaired) electrons. The highest BCUT2D eigenvalue weighted by Crippen LogP contribution is 2.32. The summed E-state index contributed by atoms with van der Waals surface area (Å²) in [6.07, 6.45) is 1.72. The first kappa shape index (κ1) is 15.0. The predicted molar refractivity (Wildman–Crippen MR) is 92.8 cm³/mol. The van der Waals surface area contributed by atoms with Gasteiger partial charge in [-0.15, -0.1) is 11.3 Å². The average Bonchev–Trinajstić information content (AvgIpc) is 3.23. The number of thiazole rings is 1. The number of amides is 1. The number of aromatic nitrogens is 1. The predicted octanol–water partition coefficient (Wildman–Crippen LogP) is 3.39. The van der Waals surface area contributed by atoms with Crippen LogP contribution in [0.3, 0.4) is 0 Å². The number of carbonyl (C=O) groups is 1. The average molecular weight is 340 g/mol. The number of nitrogens with one attached hydrogen (secondary N) is 1. The van der Waals surface area contributed by atoms with Gasteiger partial charge in [0.2, 0.25) is 6.79 Å². The van der Waals surface area contributed by atoms with E-state index in [0.29, 0.717) is 23.6 Å². The molecule has 1 aliphatic heterocycles. The van der Waals surface area contributed by atoms with Crippen LogP contribution in [0.1, 0.15) is 21.8 Å². The normalized spacial score (nSPS) is 12.5. The quantitative estimate of drug-likeness (QED) is 0.723. The number of benzene rings is 2. The molecule has 0 saturated carbocycles. The summed E-state index contributed by atoms with van der Waals surface area (Å²) in [7, 11) is 0. The summed E-state index contributed by atoms with van der Waals surface area (Å²) in [6.45, 7) is 0.825. The van der Waals surface area contributed by atoms with E-state index in [1.807, 2.05) is 18.2 Å². The first-order valence-corrected chi connectivity index (χ1v) is 8.63. The first-order valence-electron chi connectivity index (χ1n) is 7.82. The number of ether oxygens (including phenoxy) is 2. The Balaban J connectivity index is 1.30. The fourth-order valence-electron chi connectivity index (χ4n) is 2.61. The Hall–Kier alpha value is -2.60. The van der Waals surface area contributed by atoms with Crippen LogP contribution in [-0.2, 0) is 6.42 Å². The van der Waals surface area contributed by atoms with Crippen molar-refractivity contribution >= 4 is 27.5 Å². The zero-order chi connectivity index (χ0) is 16.4. The Labute approximate surface area is 143 Å². The molecule has 2 heterocycles. The molecule has 0 unspecified atom stereocenters. The molecule has 0 fully saturated rings. The maximum Gasteiger partial charge on any atom is 0.251 e. The van der Waals surface area contributed by atoms with Crippen LogP contribution < -0.4 is 14.8 Å². The lowest BCUT2D eigenvalue weighted by molar-refractivity contribution is 0.0952. The van der Waals surface area contributed by atoms with Crippen LogP contribution in [0.25, 0.3) is 10.2 Å². The molecule has 122 valence electrons. The van der Waals surface area contributed by atoms with Crippen LogP contribution >= 0.6 is 11.3 Å². The third kappa shape index (κ3) is 3.05. The minimum atomic E-state index is -0.0994. The van der Waals surface area contributed by atoms with Gasteiger partial charge in [0, 0.05) is 18.5 Å². The molecule has 3 aromatic rings. The summed E-state index contributed by atoms with van der Waals surface area (Å²) in [5.41, 5.74) is 1.63. The first-order chi connectivity index (χ1) is 11.8. The largest absolute Gasteiger partial charge is 0.454 e. The van der Waals surface area contributed by atoms with Crippen LogP contribution in [0, 0.1) is 0 Å². The van der Waals surface area contributed by atoms with E-state index >= 15 is 0 Å². The Morgan fingerprint density at radius 3 is 2.96 bits per heavy atom. The van der Waals surface area contributed by atoms with Gasteiger partial charge in [0.15, 0.2) is 11.5 Å². The zero-order valence-electron chi connectivity index (χ0n) is 13.0. The molecule has 0 aliphatic carbocycles. The SMILES string of the molecule is O=C(NCCCc1nc2ccccc2s1)c1ccc2c(c1)OCO2. The van der Waals surface area contributed by atoms with E-state index in [0.717, 1.165) is 23.4 Å². The maximum atomic E-state index is 12.2. The molecule has 4 rings (SSSR count). The molecule has 24 heavy (non-hydrogen) atoms. The maximum absolute atomic E-state index is 12.2. The van der Waals surface area contributed by atoms with Crippen molar-refractivity contribution < 1.29 is 14.3 Å². The van der Waals surface area contributed by atoms with E-state index in [4.69, 9.17) is 9.47 Å². The fraction of sp³-hybridized carbons (Fsp3) is 0.222. The van der Waals surface area contributed by atoms with Gasteiger partial charge in [-0.3, -0.25) is 4.79 Å². The van der Waals surface area contributed by atoms with Gasteiger partial charge in [-0.1, -0.05) is 12.1 Å². The van der Waals surface area contributed by atoms with E-state index in [-0.39, 0.29) is 12.7 Å². The van der Waals surface area contributed by atoms with Crippen molar-refractivity contribution in [3.63, 3.8) is 0 Å². The molecule has 2 aromatic carbocycles. The van der Waals surface area contributed by atoms with Crippen molar-refractivity contribution in [2.45, 2.75) is 12.8 Å². The van der Waals surface area contributed by atoms with Gasteiger partial charge in [0.25, 0.3) is 5.91 Å². The summed E-state index contributed by atoms with van der Waals surface area (Å²) in [5.74, 6) is 1.21. The lowest BCUT2D eigenvalue weighted by Gasteiger charge is -2.05. The van der Waals surface area contributed by atoms with E-state index < -0.39 is 0 Å². The van der Waals surface area contributed by atoms with Gasteiger partial charge in [-0.25, -0.2) is 4.98 Å². The lowest BCUT2D eigenvalue weighted by Crippen LogP contribution is -2.24. The van der Waals surface area contributed by atoms with Crippen molar-refractivity contribution in [3.05, 3.63) is 53.0 Å². The Bertz CT molecular complexity index is 858. The number of fused-ring (bicyclic) bond motifs is 2. The molecule has 0 atom stereocenters. The third-order valence-electron chi connectivity index (χ3n) is 3.83. The summed E-state index contributed by atoms with van der Waals surface area (Å²) in [6, 6.07) is 13.3. The molecule has 5 nitrogen and oxygen atoms in total. The van der Waals surface area contributed by atoms with Crippen LogP contribution in [0.15, 0.2) is 42.5 Å². The van der Waals surface area contributed by atoms with Crippen molar-refractivity contribution in [1.29, 1.82) is 0 Å². The number of aryl methyl sites for hydroxylation is 1. The molecule has 0 saturated heterocycles. The summed E-state index contributed by atoms with van der Waals surface area (Å²) in [4.78, 5) is 16.8. The minimum absolute atomic E-state index is 0.0994. The Kier molecular flexibility index (Phi) is 4.04.